The third-order valence-electron chi connectivity index (χ3n) is 3.88. The first-order valence-corrected chi connectivity index (χ1v) is 7.38. The Kier molecular flexibility index (Phi) is 7.35. The van der Waals surface area contributed by atoms with Crippen molar-refractivity contribution in [2.75, 3.05) is 19.7 Å². The quantitative estimate of drug-likeness (QED) is 0.877. The normalized spacial score (nSPS) is 22.6. The minimum absolute atomic E-state index is 0. The van der Waals surface area contributed by atoms with E-state index >= 15 is 0 Å². The van der Waals surface area contributed by atoms with Crippen LogP contribution in [-0.4, -0.2) is 30.6 Å². The van der Waals surface area contributed by atoms with Crippen LogP contribution in [0.3, 0.4) is 0 Å². The van der Waals surface area contributed by atoms with Gasteiger partial charge in [-0.05, 0) is 49.9 Å². The summed E-state index contributed by atoms with van der Waals surface area (Å²) in [4.78, 5) is 2.52. The van der Waals surface area contributed by atoms with E-state index in [2.05, 4.69) is 36.9 Å². The van der Waals surface area contributed by atoms with Gasteiger partial charge in [-0.25, -0.2) is 0 Å². The Morgan fingerprint density at radius 1 is 1.40 bits per heavy atom. The molecule has 20 heavy (non-hydrogen) atoms. The minimum Gasteiger partial charge on any atom is -0.494 e. The minimum atomic E-state index is 0. The van der Waals surface area contributed by atoms with Gasteiger partial charge >= 0.3 is 0 Å². The second kappa shape index (κ2) is 8.50. The Morgan fingerprint density at radius 2 is 2.20 bits per heavy atom. The summed E-state index contributed by atoms with van der Waals surface area (Å²) in [5.74, 6) is 1.65. The smallest absolute Gasteiger partial charge is 0.119 e. The van der Waals surface area contributed by atoms with Crippen molar-refractivity contribution in [3.05, 3.63) is 29.8 Å². The molecule has 2 unspecified atom stereocenters. The van der Waals surface area contributed by atoms with Crippen molar-refractivity contribution in [3.8, 4) is 5.75 Å². The van der Waals surface area contributed by atoms with Crippen molar-refractivity contribution < 1.29 is 4.74 Å². The van der Waals surface area contributed by atoms with Crippen LogP contribution in [0.5, 0.6) is 5.75 Å². The lowest BCUT2D eigenvalue weighted by Crippen LogP contribution is -2.27. The molecule has 1 saturated heterocycles. The number of hydrogen-bond acceptors (Lipinski definition) is 3. The second-order valence-corrected chi connectivity index (χ2v) is 5.61. The van der Waals surface area contributed by atoms with Gasteiger partial charge in [-0.3, -0.25) is 4.90 Å². The standard InChI is InChI=1S/C16H26N2O.ClH/c1-3-7-19-16-6-4-5-14(9-16)11-18-12-15(10-17)8-13(18)2;/h4-6,9,13,15H,3,7-8,10-12,17H2,1-2H3;1H. The van der Waals surface area contributed by atoms with E-state index in [1.54, 1.807) is 0 Å². The number of halogens is 1. The van der Waals surface area contributed by atoms with Crippen LogP contribution >= 0.6 is 12.4 Å². The molecule has 0 aliphatic carbocycles. The number of hydrogen-bond donors (Lipinski definition) is 1. The number of nitrogens with two attached hydrogens (primary N) is 1. The molecule has 1 aliphatic rings. The van der Waals surface area contributed by atoms with Gasteiger partial charge in [0.15, 0.2) is 0 Å². The maximum Gasteiger partial charge on any atom is 0.119 e. The van der Waals surface area contributed by atoms with E-state index in [0.29, 0.717) is 12.0 Å². The molecule has 114 valence electrons. The van der Waals surface area contributed by atoms with E-state index in [9.17, 15) is 0 Å². The Hall–Kier alpha value is -0.770. The molecule has 0 aromatic heterocycles. The summed E-state index contributed by atoms with van der Waals surface area (Å²) in [6.07, 6.45) is 2.27. The number of rotatable bonds is 6. The van der Waals surface area contributed by atoms with Crippen molar-refractivity contribution >= 4 is 12.4 Å². The van der Waals surface area contributed by atoms with Crippen molar-refractivity contribution in [3.63, 3.8) is 0 Å². The maximum atomic E-state index is 5.78. The fourth-order valence-electron chi connectivity index (χ4n) is 2.80. The first-order valence-electron chi connectivity index (χ1n) is 7.38. The molecule has 1 aromatic rings. The van der Waals surface area contributed by atoms with Crippen LogP contribution in [0.25, 0.3) is 0 Å². The predicted molar refractivity (Wildman–Crippen MR) is 86.5 cm³/mol. The lowest BCUT2D eigenvalue weighted by molar-refractivity contribution is 0.255. The average molecular weight is 299 g/mol. The Balaban J connectivity index is 0.00000200. The summed E-state index contributed by atoms with van der Waals surface area (Å²) >= 11 is 0. The van der Waals surface area contributed by atoms with Crippen molar-refractivity contribution in [2.24, 2.45) is 11.7 Å². The van der Waals surface area contributed by atoms with Gasteiger partial charge < -0.3 is 10.5 Å². The SMILES string of the molecule is CCCOc1cccc(CN2CC(CN)CC2C)c1.Cl. The van der Waals surface area contributed by atoms with Crippen molar-refractivity contribution in [1.82, 2.24) is 4.90 Å². The summed E-state index contributed by atoms with van der Waals surface area (Å²) in [6, 6.07) is 9.10. The second-order valence-electron chi connectivity index (χ2n) is 5.61. The number of ether oxygens (including phenoxy) is 1. The zero-order valence-corrected chi connectivity index (χ0v) is 13.4. The van der Waals surface area contributed by atoms with Gasteiger partial charge in [0.1, 0.15) is 5.75 Å². The molecule has 1 aliphatic heterocycles. The highest BCUT2D eigenvalue weighted by Crippen LogP contribution is 2.25. The third-order valence-corrected chi connectivity index (χ3v) is 3.88. The molecule has 0 radical (unpaired) electrons. The first-order chi connectivity index (χ1) is 9.22. The predicted octanol–water partition coefficient (Wildman–Crippen LogP) is 3.07. The molecule has 0 spiro atoms. The summed E-state index contributed by atoms with van der Waals surface area (Å²) < 4.78 is 5.69. The molecule has 1 fully saturated rings. The molecule has 4 heteroatoms. The van der Waals surface area contributed by atoms with Crippen molar-refractivity contribution in [1.29, 1.82) is 0 Å². The van der Waals surface area contributed by atoms with E-state index in [4.69, 9.17) is 10.5 Å². The fourth-order valence-corrected chi connectivity index (χ4v) is 2.80. The Bertz CT molecular complexity index is 400. The molecule has 3 nitrogen and oxygen atoms in total. The van der Waals surface area contributed by atoms with Gasteiger partial charge in [-0.1, -0.05) is 19.1 Å². The van der Waals surface area contributed by atoms with Gasteiger partial charge in [0.2, 0.25) is 0 Å². The number of likely N-dealkylation sites (tertiary alicyclic amines) is 1. The zero-order valence-electron chi connectivity index (χ0n) is 12.5. The summed E-state index contributed by atoms with van der Waals surface area (Å²) in [7, 11) is 0. The van der Waals surface area contributed by atoms with Crippen molar-refractivity contribution in [2.45, 2.75) is 39.3 Å². The van der Waals surface area contributed by atoms with E-state index < -0.39 is 0 Å². The van der Waals surface area contributed by atoms with E-state index in [1.165, 1.54) is 12.0 Å². The van der Waals surface area contributed by atoms with E-state index in [1.807, 2.05) is 6.07 Å². The maximum absolute atomic E-state index is 5.78. The van der Waals surface area contributed by atoms with E-state index in [0.717, 1.165) is 38.4 Å². The molecule has 1 aromatic carbocycles. The van der Waals surface area contributed by atoms with Crippen LogP contribution in [-0.2, 0) is 6.54 Å². The molecular weight excluding hydrogens is 272 g/mol. The van der Waals surface area contributed by atoms with Crippen LogP contribution in [0.15, 0.2) is 24.3 Å². The van der Waals surface area contributed by atoms with Crippen LogP contribution in [0, 0.1) is 5.92 Å². The van der Waals surface area contributed by atoms with Crippen LogP contribution in [0.2, 0.25) is 0 Å². The third kappa shape index (κ3) is 4.65. The highest BCUT2D eigenvalue weighted by molar-refractivity contribution is 5.85. The summed E-state index contributed by atoms with van der Waals surface area (Å²) in [6.45, 7) is 8.15. The average Bonchev–Trinajstić information content (AvgIpc) is 2.77. The number of nitrogens with zero attached hydrogens (tertiary/aromatic N) is 1. The van der Waals surface area contributed by atoms with Gasteiger partial charge in [0.05, 0.1) is 6.61 Å². The summed E-state index contributed by atoms with van der Waals surface area (Å²) in [5.41, 5.74) is 7.12. The fraction of sp³-hybridized carbons (Fsp3) is 0.625. The van der Waals surface area contributed by atoms with Crippen LogP contribution in [0.1, 0.15) is 32.3 Å². The molecule has 2 rings (SSSR count). The highest BCUT2D eigenvalue weighted by Gasteiger charge is 2.27. The lowest BCUT2D eigenvalue weighted by atomic mass is 10.1. The van der Waals surface area contributed by atoms with Gasteiger partial charge in [0.25, 0.3) is 0 Å². The van der Waals surface area contributed by atoms with E-state index in [-0.39, 0.29) is 12.4 Å². The largest absolute Gasteiger partial charge is 0.494 e. The van der Waals surface area contributed by atoms with Crippen LogP contribution < -0.4 is 10.5 Å². The van der Waals surface area contributed by atoms with Crippen LogP contribution in [0.4, 0.5) is 0 Å². The van der Waals surface area contributed by atoms with Gasteiger partial charge in [-0.2, -0.15) is 0 Å². The molecule has 0 amide bonds. The first kappa shape index (κ1) is 17.3. The summed E-state index contributed by atoms with van der Waals surface area (Å²) in [5, 5.41) is 0. The Morgan fingerprint density at radius 3 is 2.85 bits per heavy atom. The molecular formula is C16H27ClN2O. The molecule has 1 heterocycles. The molecule has 0 saturated carbocycles. The molecule has 2 N–H and O–H groups in total. The van der Waals surface area contributed by atoms with Gasteiger partial charge in [0, 0.05) is 19.1 Å². The molecule has 0 bridgehead atoms. The monoisotopic (exact) mass is 298 g/mol. The zero-order chi connectivity index (χ0) is 13.7. The Labute approximate surface area is 128 Å². The topological polar surface area (TPSA) is 38.5 Å². The lowest BCUT2D eigenvalue weighted by Gasteiger charge is -2.21. The van der Waals surface area contributed by atoms with Gasteiger partial charge in [-0.15, -0.1) is 12.4 Å². The highest BCUT2D eigenvalue weighted by atomic mass is 35.5. The molecule has 2 atom stereocenters. The number of benzene rings is 1.